The van der Waals surface area contributed by atoms with E-state index in [0.717, 1.165) is 16.7 Å². The lowest BCUT2D eigenvalue weighted by molar-refractivity contribution is -0.192. The Balaban J connectivity index is 0.000000360. The molecule has 4 rings (SSSR count). The first kappa shape index (κ1) is 23.6. The zero-order valence-electron chi connectivity index (χ0n) is 17.0. The Morgan fingerprint density at radius 2 is 1.78 bits per heavy atom. The highest BCUT2D eigenvalue weighted by molar-refractivity contribution is 7.90. The van der Waals surface area contributed by atoms with E-state index in [1.807, 2.05) is 12.1 Å². The minimum absolute atomic E-state index is 0.279. The molecule has 7 nitrogen and oxygen atoms in total. The molecule has 0 unspecified atom stereocenters. The number of aromatic nitrogens is 1. The first-order valence-electron chi connectivity index (χ1n) is 9.56. The van der Waals surface area contributed by atoms with E-state index in [1.165, 1.54) is 16.8 Å². The van der Waals surface area contributed by atoms with Crippen LogP contribution in [0.5, 0.6) is 5.75 Å². The molecule has 0 atom stereocenters. The normalized spacial score (nSPS) is 14.0. The van der Waals surface area contributed by atoms with Gasteiger partial charge in [-0.15, -0.1) is 0 Å². The molecular weight excluding hydrogens is 449 g/mol. The molecule has 0 radical (unpaired) electrons. The molecule has 1 aromatic heterocycles. The van der Waals surface area contributed by atoms with Crippen molar-refractivity contribution in [1.29, 1.82) is 0 Å². The second-order valence-corrected chi connectivity index (χ2v) is 8.88. The standard InChI is InChI=1S/C19H20N2O3S.C2HF3O2/c1-24-19-10-9-18-16(17(19)13-20-14-7-8-14)11-12-21(18)25(22,23)15-5-3-2-4-6-15;3-2(4,5)1(6)7/h2-6,9-12,14,20H,7-8,13H2,1H3;(H,6,7). The van der Waals surface area contributed by atoms with E-state index in [4.69, 9.17) is 14.6 Å². The van der Waals surface area contributed by atoms with E-state index in [0.29, 0.717) is 18.1 Å². The van der Waals surface area contributed by atoms with E-state index >= 15 is 0 Å². The van der Waals surface area contributed by atoms with Gasteiger partial charge in [-0.1, -0.05) is 18.2 Å². The highest BCUT2D eigenvalue weighted by Crippen LogP contribution is 2.32. The van der Waals surface area contributed by atoms with Crippen molar-refractivity contribution in [3.63, 3.8) is 0 Å². The number of alkyl halides is 3. The number of ether oxygens (including phenoxy) is 1. The second-order valence-electron chi connectivity index (χ2n) is 7.07. The summed E-state index contributed by atoms with van der Waals surface area (Å²) in [5.41, 5.74) is 1.66. The Morgan fingerprint density at radius 1 is 1.16 bits per heavy atom. The number of fused-ring (bicyclic) bond motifs is 1. The Hall–Kier alpha value is -3.05. The molecule has 0 bridgehead atoms. The summed E-state index contributed by atoms with van der Waals surface area (Å²) in [5.74, 6) is -1.98. The lowest BCUT2D eigenvalue weighted by Crippen LogP contribution is -2.21. The van der Waals surface area contributed by atoms with Crippen LogP contribution in [0.1, 0.15) is 18.4 Å². The van der Waals surface area contributed by atoms with E-state index in [2.05, 4.69) is 5.32 Å². The average Bonchev–Trinajstić information content (AvgIpc) is 3.48. The number of rotatable bonds is 6. The molecule has 0 spiro atoms. The van der Waals surface area contributed by atoms with Crippen molar-refractivity contribution >= 4 is 26.9 Å². The summed E-state index contributed by atoms with van der Waals surface area (Å²) in [7, 11) is -1.98. The lowest BCUT2D eigenvalue weighted by Gasteiger charge is -2.12. The number of nitrogens with one attached hydrogen (secondary N) is 1. The Labute approximate surface area is 182 Å². The molecular formula is C21H21F3N2O5S. The Kier molecular flexibility index (Phi) is 6.79. The topological polar surface area (TPSA) is 97.6 Å². The Bertz CT molecular complexity index is 1200. The summed E-state index contributed by atoms with van der Waals surface area (Å²) in [6.07, 6.45) is -1.07. The molecule has 0 amide bonds. The maximum absolute atomic E-state index is 13.0. The van der Waals surface area contributed by atoms with Gasteiger partial charge in [0.15, 0.2) is 0 Å². The fourth-order valence-corrected chi connectivity index (χ4v) is 4.42. The predicted octanol–water partition coefficient (Wildman–Crippen LogP) is 3.77. The molecule has 0 saturated heterocycles. The number of halogens is 3. The van der Waals surface area contributed by atoms with E-state index in [1.54, 1.807) is 49.7 Å². The predicted molar refractivity (Wildman–Crippen MR) is 111 cm³/mol. The smallest absolute Gasteiger partial charge is 0.490 e. The van der Waals surface area contributed by atoms with Crippen molar-refractivity contribution < 1.29 is 36.2 Å². The van der Waals surface area contributed by atoms with Gasteiger partial charge in [-0.3, -0.25) is 0 Å². The monoisotopic (exact) mass is 470 g/mol. The number of carboxylic acids is 1. The van der Waals surface area contributed by atoms with Gasteiger partial charge in [-0.05, 0) is 43.2 Å². The third kappa shape index (κ3) is 5.22. The first-order valence-corrected chi connectivity index (χ1v) is 11.0. The minimum Gasteiger partial charge on any atom is -0.496 e. The van der Waals surface area contributed by atoms with Gasteiger partial charge >= 0.3 is 12.1 Å². The van der Waals surface area contributed by atoms with Crippen molar-refractivity contribution in [3.05, 3.63) is 60.3 Å². The molecule has 1 saturated carbocycles. The van der Waals surface area contributed by atoms with Crippen LogP contribution in [-0.4, -0.2) is 42.8 Å². The first-order chi connectivity index (χ1) is 15.1. The van der Waals surface area contributed by atoms with Crippen LogP contribution in [-0.2, 0) is 21.4 Å². The van der Waals surface area contributed by atoms with Gasteiger partial charge in [-0.2, -0.15) is 13.2 Å². The summed E-state index contributed by atoms with van der Waals surface area (Å²) in [4.78, 5) is 9.17. The highest BCUT2D eigenvalue weighted by Gasteiger charge is 2.38. The SMILES string of the molecule is COc1ccc2c(ccn2S(=O)(=O)c2ccccc2)c1CNC1CC1.O=C(O)C(F)(F)F. The van der Waals surface area contributed by atoms with E-state index in [-0.39, 0.29) is 4.90 Å². The van der Waals surface area contributed by atoms with Crippen LogP contribution in [0.4, 0.5) is 13.2 Å². The molecule has 1 heterocycles. The highest BCUT2D eigenvalue weighted by atomic mass is 32.2. The van der Waals surface area contributed by atoms with Crippen LogP contribution >= 0.6 is 0 Å². The zero-order valence-corrected chi connectivity index (χ0v) is 17.8. The molecule has 172 valence electrons. The summed E-state index contributed by atoms with van der Waals surface area (Å²) in [6.45, 7) is 0.667. The molecule has 2 aromatic carbocycles. The van der Waals surface area contributed by atoms with Crippen LogP contribution in [0.25, 0.3) is 10.9 Å². The van der Waals surface area contributed by atoms with Crippen molar-refractivity contribution in [2.75, 3.05) is 7.11 Å². The van der Waals surface area contributed by atoms with Gasteiger partial charge in [-0.25, -0.2) is 17.2 Å². The number of hydrogen-bond donors (Lipinski definition) is 2. The fourth-order valence-electron chi connectivity index (χ4n) is 3.06. The van der Waals surface area contributed by atoms with Crippen LogP contribution in [0.2, 0.25) is 0 Å². The Morgan fingerprint density at radius 3 is 2.31 bits per heavy atom. The van der Waals surface area contributed by atoms with Crippen LogP contribution < -0.4 is 10.1 Å². The van der Waals surface area contributed by atoms with Gasteiger partial charge in [0.2, 0.25) is 0 Å². The number of methoxy groups -OCH3 is 1. The summed E-state index contributed by atoms with van der Waals surface area (Å²) in [6, 6.07) is 14.5. The summed E-state index contributed by atoms with van der Waals surface area (Å²) in [5, 5.41) is 11.5. The molecule has 2 N–H and O–H groups in total. The fraction of sp³-hybridized carbons (Fsp3) is 0.286. The van der Waals surface area contributed by atoms with Crippen LogP contribution in [0.15, 0.2) is 59.6 Å². The molecule has 1 aliphatic rings. The van der Waals surface area contributed by atoms with Crippen molar-refractivity contribution in [2.24, 2.45) is 0 Å². The van der Waals surface area contributed by atoms with Crippen LogP contribution in [0, 0.1) is 0 Å². The third-order valence-corrected chi connectivity index (χ3v) is 6.52. The third-order valence-electron chi connectivity index (χ3n) is 4.81. The van der Waals surface area contributed by atoms with Gasteiger partial charge < -0.3 is 15.2 Å². The van der Waals surface area contributed by atoms with Gasteiger partial charge in [0.1, 0.15) is 5.75 Å². The number of carboxylic acid groups (broad SMARTS) is 1. The molecule has 32 heavy (non-hydrogen) atoms. The van der Waals surface area contributed by atoms with Crippen molar-refractivity contribution in [2.45, 2.75) is 36.5 Å². The second kappa shape index (κ2) is 9.21. The molecule has 1 aliphatic carbocycles. The molecule has 1 fully saturated rings. The van der Waals surface area contributed by atoms with Crippen LogP contribution in [0.3, 0.4) is 0 Å². The number of carbonyl (C=O) groups is 1. The largest absolute Gasteiger partial charge is 0.496 e. The van der Waals surface area contributed by atoms with Crippen molar-refractivity contribution in [3.8, 4) is 5.75 Å². The number of nitrogens with zero attached hydrogens (tertiary/aromatic N) is 1. The zero-order chi connectivity index (χ0) is 23.5. The quantitative estimate of drug-likeness (QED) is 0.569. The molecule has 3 aromatic rings. The van der Waals surface area contributed by atoms with Gasteiger partial charge in [0.05, 0.1) is 17.5 Å². The maximum atomic E-state index is 13.0. The van der Waals surface area contributed by atoms with Gasteiger partial charge in [0, 0.05) is 29.7 Å². The minimum atomic E-state index is -5.08. The van der Waals surface area contributed by atoms with E-state index in [9.17, 15) is 21.6 Å². The number of aliphatic carboxylic acids is 1. The van der Waals surface area contributed by atoms with E-state index < -0.39 is 22.2 Å². The maximum Gasteiger partial charge on any atom is 0.490 e. The summed E-state index contributed by atoms with van der Waals surface area (Å²) >= 11 is 0. The van der Waals surface area contributed by atoms with Crippen molar-refractivity contribution in [1.82, 2.24) is 9.29 Å². The summed E-state index contributed by atoms with van der Waals surface area (Å²) < 4.78 is 64.5. The van der Waals surface area contributed by atoms with Gasteiger partial charge in [0.25, 0.3) is 10.0 Å². The molecule has 0 aliphatic heterocycles. The number of hydrogen-bond acceptors (Lipinski definition) is 5. The number of benzene rings is 2. The lowest BCUT2D eigenvalue weighted by atomic mass is 10.1. The average molecular weight is 470 g/mol. The molecule has 11 heteroatoms.